The van der Waals surface area contributed by atoms with Gasteiger partial charge in [0.05, 0.1) is 11.2 Å². The van der Waals surface area contributed by atoms with E-state index in [9.17, 15) is 9.59 Å². The molecule has 4 heterocycles. The maximum atomic E-state index is 12.2. The summed E-state index contributed by atoms with van der Waals surface area (Å²) in [5.41, 5.74) is 3.08. The molecule has 0 radical (unpaired) electrons. The first kappa shape index (κ1) is 28.3. The van der Waals surface area contributed by atoms with E-state index >= 15 is 0 Å². The van der Waals surface area contributed by atoms with Crippen LogP contribution >= 0.6 is 0 Å². The Morgan fingerprint density at radius 3 is 1.68 bits per heavy atom. The number of esters is 2. The Balaban J connectivity index is 0.988. The molecule has 0 bridgehead atoms. The molecule has 6 aliphatic rings. The highest BCUT2D eigenvalue weighted by Crippen LogP contribution is 2.51. The minimum Gasteiger partial charge on any atom is -0.455 e. The van der Waals surface area contributed by atoms with Gasteiger partial charge in [-0.2, -0.15) is 0 Å². The zero-order valence-corrected chi connectivity index (χ0v) is 24.3. The fraction of sp³-hybridized carbons (Fsp3) is 0.636. The number of epoxide rings is 2. The molecule has 41 heavy (non-hydrogen) atoms. The second kappa shape index (κ2) is 11.1. The minimum absolute atomic E-state index is 0.00144. The molecule has 0 N–H and O–H groups in total. The summed E-state index contributed by atoms with van der Waals surface area (Å²) < 4.78 is 23.3. The first-order chi connectivity index (χ1) is 19.7. The van der Waals surface area contributed by atoms with E-state index in [0.717, 1.165) is 57.8 Å². The van der Waals surface area contributed by atoms with Gasteiger partial charge in [-0.15, -0.1) is 0 Å². The van der Waals surface area contributed by atoms with E-state index in [4.69, 9.17) is 28.9 Å². The van der Waals surface area contributed by atoms with Crippen LogP contribution in [-0.4, -0.2) is 73.1 Å². The average molecular weight is 563 g/mol. The topological polar surface area (TPSA) is 102 Å². The van der Waals surface area contributed by atoms with Crippen molar-refractivity contribution in [2.45, 2.75) is 107 Å². The van der Waals surface area contributed by atoms with Crippen molar-refractivity contribution in [3.8, 4) is 0 Å². The summed E-state index contributed by atoms with van der Waals surface area (Å²) in [6.07, 6.45) is 15.8. The smallest absolute Gasteiger partial charge is 0.334 e. The largest absolute Gasteiger partial charge is 0.455 e. The highest BCUT2D eigenvalue weighted by molar-refractivity contribution is 5.91. The number of ether oxygens (including phenoxy) is 4. The number of nitrogens with zero attached hydrogens (tertiary/aromatic N) is 2. The van der Waals surface area contributed by atoms with Crippen molar-refractivity contribution in [1.29, 1.82) is 0 Å². The maximum Gasteiger partial charge on any atom is 0.334 e. The summed E-state index contributed by atoms with van der Waals surface area (Å²) in [7, 11) is 0. The van der Waals surface area contributed by atoms with Gasteiger partial charge in [0.15, 0.2) is 0 Å². The minimum atomic E-state index is -0.282. The third kappa shape index (κ3) is 5.78. The van der Waals surface area contributed by atoms with Gasteiger partial charge in [-0.3, -0.25) is 9.98 Å². The van der Waals surface area contributed by atoms with Crippen LogP contribution in [0.3, 0.4) is 0 Å². The fourth-order valence-electron chi connectivity index (χ4n) is 7.02. The molecule has 220 valence electrons. The Bertz CT molecular complexity index is 1150. The molecule has 0 unspecified atom stereocenters. The SMILES string of the molecule is C=C1C(=O)O[C@H]2[C@H]1CC/C(C=NCCCN=C/C1=C/CC[C@@]3(C)O[C@H]3[C@H]3OC(=O)C(=C)[C@@H]3CC1)=C\CC[C@@]1(C)O[C@@H]21. The molecule has 6 rings (SSSR count). The van der Waals surface area contributed by atoms with E-state index in [-0.39, 0.29) is 59.4 Å². The second-order valence-corrected chi connectivity index (χ2v) is 12.8. The Hall–Kier alpha value is -2.84. The highest BCUT2D eigenvalue weighted by atomic mass is 16.7. The van der Waals surface area contributed by atoms with Crippen molar-refractivity contribution in [2.75, 3.05) is 13.1 Å². The third-order valence-electron chi connectivity index (χ3n) is 9.85. The second-order valence-electron chi connectivity index (χ2n) is 12.8. The van der Waals surface area contributed by atoms with Crippen molar-refractivity contribution >= 4 is 24.4 Å². The van der Waals surface area contributed by atoms with E-state index in [1.165, 1.54) is 11.1 Å². The van der Waals surface area contributed by atoms with Crippen LogP contribution in [0.4, 0.5) is 0 Å². The van der Waals surface area contributed by atoms with Gasteiger partial charge in [-0.05, 0) is 82.8 Å². The first-order valence-electron chi connectivity index (χ1n) is 15.2. The van der Waals surface area contributed by atoms with Crippen molar-refractivity contribution < 1.29 is 28.5 Å². The van der Waals surface area contributed by atoms with E-state index < -0.39 is 0 Å². The van der Waals surface area contributed by atoms with Crippen LogP contribution in [0, 0.1) is 11.8 Å². The number of carbonyl (C=O) groups excluding carboxylic acids is 2. The Morgan fingerprint density at radius 2 is 1.24 bits per heavy atom. The summed E-state index contributed by atoms with van der Waals surface area (Å²) in [5, 5.41) is 0. The van der Waals surface area contributed by atoms with Crippen LogP contribution in [-0.2, 0) is 28.5 Å². The van der Waals surface area contributed by atoms with Crippen LogP contribution in [0.25, 0.3) is 0 Å². The van der Waals surface area contributed by atoms with Crippen LogP contribution in [0.5, 0.6) is 0 Å². The van der Waals surface area contributed by atoms with Crippen molar-refractivity contribution in [3.05, 3.63) is 47.6 Å². The zero-order valence-electron chi connectivity index (χ0n) is 24.3. The molecule has 0 spiro atoms. The van der Waals surface area contributed by atoms with Gasteiger partial charge in [0, 0.05) is 48.5 Å². The molecule has 8 atom stereocenters. The lowest BCUT2D eigenvalue weighted by molar-refractivity contribution is -0.140. The quantitative estimate of drug-likeness (QED) is 0.148. The normalized spacial score (nSPS) is 43.2. The molecule has 0 amide bonds. The number of rotatable bonds is 6. The van der Waals surface area contributed by atoms with E-state index in [1.54, 1.807) is 0 Å². The van der Waals surface area contributed by atoms with E-state index in [2.05, 4.69) is 39.2 Å². The van der Waals surface area contributed by atoms with Gasteiger partial charge in [-0.1, -0.05) is 25.3 Å². The number of allylic oxidation sites excluding steroid dienone is 4. The van der Waals surface area contributed by atoms with Crippen molar-refractivity contribution in [2.24, 2.45) is 21.8 Å². The predicted molar refractivity (Wildman–Crippen MR) is 156 cm³/mol. The van der Waals surface area contributed by atoms with Crippen LogP contribution in [0.2, 0.25) is 0 Å². The van der Waals surface area contributed by atoms with Gasteiger partial charge in [0.1, 0.15) is 24.4 Å². The Morgan fingerprint density at radius 1 is 0.805 bits per heavy atom. The molecule has 8 nitrogen and oxygen atoms in total. The molecular formula is C33H42N2O6. The molecular weight excluding hydrogens is 520 g/mol. The maximum absolute atomic E-state index is 12.2. The van der Waals surface area contributed by atoms with Crippen molar-refractivity contribution in [1.82, 2.24) is 0 Å². The summed E-state index contributed by atoms with van der Waals surface area (Å²) in [5.74, 6) is -0.562. The van der Waals surface area contributed by atoms with Crippen LogP contribution in [0.15, 0.2) is 57.6 Å². The van der Waals surface area contributed by atoms with Crippen molar-refractivity contribution in [3.63, 3.8) is 0 Å². The van der Waals surface area contributed by atoms with E-state index in [1.807, 2.05) is 12.4 Å². The number of carbonyl (C=O) groups is 2. The Labute approximate surface area is 242 Å². The standard InChI is InChI=1S/C33H42N2O6/c1-20-24-12-10-22(8-5-14-32(3)28(40-32)26(24)38-30(20)36)18-34-16-7-17-35-19-23-9-6-15-33(4)29(41-33)27-25(13-11-23)21(2)31(37)39-27/h8-9,18-19,24-29H,1-2,5-7,10-17H2,3-4H3/b22-8+,23-9+,34-18?,35-19?/t24-,25-,26-,27-,28-,29-,32+,33+/m0/s1. The van der Waals surface area contributed by atoms with Gasteiger partial charge >= 0.3 is 11.9 Å². The molecule has 2 aliphatic carbocycles. The number of hydrogen-bond donors (Lipinski definition) is 0. The van der Waals surface area contributed by atoms with Gasteiger partial charge in [0.2, 0.25) is 0 Å². The zero-order chi connectivity index (χ0) is 28.8. The number of hydrogen-bond acceptors (Lipinski definition) is 8. The Kier molecular flexibility index (Phi) is 7.66. The monoisotopic (exact) mass is 562 g/mol. The summed E-state index contributed by atoms with van der Waals surface area (Å²) in [6, 6.07) is 0. The van der Waals surface area contributed by atoms with Gasteiger partial charge in [-0.25, -0.2) is 9.59 Å². The molecule has 0 aromatic rings. The lowest BCUT2D eigenvalue weighted by atomic mass is 9.84. The number of aliphatic imine (C=N–C) groups is 2. The summed E-state index contributed by atoms with van der Waals surface area (Å²) in [4.78, 5) is 33.7. The molecule has 8 heteroatoms. The average Bonchev–Trinajstić information content (AvgIpc) is 3.75. The molecule has 0 aromatic carbocycles. The predicted octanol–water partition coefficient (Wildman–Crippen LogP) is 5.03. The number of fused-ring (bicyclic) bond motifs is 6. The third-order valence-corrected chi connectivity index (χ3v) is 9.85. The molecule has 4 fully saturated rings. The summed E-state index contributed by atoms with van der Waals surface area (Å²) >= 11 is 0. The molecule has 4 aliphatic heterocycles. The summed E-state index contributed by atoms with van der Waals surface area (Å²) in [6.45, 7) is 13.6. The molecule has 0 saturated carbocycles. The molecule has 4 saturated heterocycles. The van der Waals surface area contributed by atoms with E-state index in [0.29, 0.717) is 24.2 Å². The first-order valence-corrected chi connectivity index (χ1v) is 15.2. The lowest BCUT2D eigenvalue weighted by Gasteiger charge is -2.19. The lowest BCUT2D eigenvalue weighted by Crippen LogP contribution is -2.28. The molecule has 0 aromatic heterocycles. The fourth-order valence-corrected chi connectivity index (χ4v) is 7.02. The van der Waals surface area contributed by atoms with Crippen LogP contribution in [0.1, 0.15) is 71.6 Å². The van der Waals surface area contributed by atoms with Gasteiger partial charge in [0.25, 0.3) is 0 Å². The highest BCUT2D eigenvalue weighted by Gasteiger charge is 2.62. The van der Waals surface area contributed by atoms with Gasteiger partial charge < -0.3 is 18.9 Å². The van der Waals surface area contributed by atoms with Crippen LogP contribution < -0.4 is 0 Å².